The van der Waals surface area contributed by atoms with Gasteiger partial charge < -0.3 is 20.8 Å². The standard InChI is InChI=1S/C13H24N2O4/c1-7-5-4-6-10(8(7)2)14-13(19)15-11(9(3)16)12(17)18/h7-11,16H,4-6H2,1-3H3,(H,17,18)(H2,14,15,19). The second-order valence-electron chi connectivity index (χ2n) is 5.55. The third-order valence-corrected chi connectivity index (χ3v) is 4.06. The van der Waals surface area contributed by atoms with Crippen LogP contribution in [0.15, 0.2) is 0 Å². The van der Waals surface area contributed by atoms with Gasteiger partial charge in [-0.05, 0) is 25.2 Å². The molecular formula is C13H24N2O4. The van der Waals surface area contributed by atoms with Gasteiger partial charge in [-0.2, -0.15) is 0 Å². The van der Waals surface area contributed by atoms with E-state index in [1.165, 1.54) is 6.92 Å². The van der Waals surface area contributed by atoms with Crippen LogP contribution in [0.4, 0.5) is 4.79 Å². The zero-order valence-electron chi connectivity index (χ0n) is 11.7. The van der Waals surface area contributed by atoms with Crippen LogP contribution in [0.1, 0.15) is 40.0 Å². The summed E-state index contributed by atoms with van der Waals surface area (Å²) in [7, 11) is 0. The first-order chi connectivity index (χ1) is 8.82. The number of amides is 2. The van der Waals surface area contributed by atoms with Crippen LogP contribution >= 0.6 is 0 Å². The molecule has 0 aromatic rings. The van der Waals surface area contributed by atoms with Crippen molar-refractivity contribution in [2.45, 2.75) is 58.2 Å². The van der Waals surface area contributed by atoms with Crippen LogP contribution in [0.3, 0.4) is 0 Å². The molecule has 1 aliphatic carbocycles. The molecule has 0 aliphatic heterocycles. The number of aliphatic hydroxyl groups is 1. The lowest BCUT2D eigenvalue weighted by molar-refractivity contribution is -0.141. The van der Waals surface area contributed by atoms with Crippen LogP contribution in [-0.2, 0) is 4.79 Å². The summed E-state index contributed by atoms with van der Waals surface area (Å²) in [6, 6.07) is -1.75. The largest absolute Gasteiger partial charge is 0.480 e. The van der Waals surface area contributed by atoms with Crippen LogP contribution in [0.25, 0.3) is 0 Å². The maximum absolute atomic E-state index is 11.8. The van der Waals surface area contributed by atoms with E-state index in [2.05, 4.69) is 24.5 Å². The summed E-state index contributed by atoms with van der Waals surface area (Å²) in [6.45, 7) is 5.59. The Balaban J connectivity index is 2.52. The van der Waals surface area contributed by atoms with Gasteiger partial charge in [-0.15, -0.1) is 0 Å². The maximum atomic E-state index is 11.8. The number of hydrogen-bond acceptors (Lipinski definition) is 3. The van der Waals surface area contributed by atoms with E-state index in [9.17, 15) is 14.7 Å². The number of carboxylic acids is 1. The molecule has 4 N–H and O–H groups in total. The van der Waals surface area contributed by atoms with Gasteiger partial charge in [0.1, 0.15) is 0 Å². The van der Waals surface area contributed by atoms with Gasteiger partial charge in [-0.3, -0.25) is 0 Å². The highest BCUT2D eigenvalue weighted by molar-refractivity contribution is 5.83. The fourth-order valence-electron chi connectivity index (χ4n) is 2.53. The van der Waals surface area contributed by atoms with Gasteiger partial charge >= 0.3 is 12.0 Å². The SMILES string of the molecule is CC(O)C(NC(=O)NC1CCCC(C)C1C)C(=O)O. The zero-order chi connectivity index (χ0) is 14.6. The smallest absolute Gasteiger partial charge is 0.328 e. The molecular weight excluding hydrogens is 248 g/mol. The second-order valence-corrected chi connectivity index (χ2v) is 5.55. The first-order valence-electron chi connectivity index (χ1n) is 6.80. The van der Waals surface area contributed by atoms with Crippen molar-refractivity contribution in [3.05, 3.63) is 0 Å². The maximum Gasteiger partial charge on any atom is 0.328 e. The molecule has 0 radical (unpaired) electrons. The Hall–Kier alpha value is -1.30. The lowest BCUT2D eigenvalue weighted by Crippen LogP contribution is -2.54. The molecule has 0 aromatic heterocycles. The van der Waals surface area contributed by atoms with Crippen molar-refractivity contribution in [2.75, 3.05) is 0 Å². The minimum atomic E-state index is -1.28. The van der Waals surface area contributed by atoms with Crippen LogP contribution in [-0.4, -0.2) is 40.4 Å². The van der Waals surface area contributed by atoms with E-state index >= 15 is 0 Å². The highest BCUT2D eigenvalue weighted by Crippen LogP contribution is 2.29. The molecule has 0 heterocycles. The van der Waals surface area contributed by atoms with Crippen molar-refractivity contribution in [1.29, 1.82) is 0 Å². The van der Waals surface area contributed by atoms with Crippen LogP contribution in [0.2, 0.25) is 0 Å². The zero-order valence-corrected chi connectivity index (χ0v) is 11.7. The number of aliphatic hydroxyl groups excluding tert-OH is 1. The molecule has 6 heteroatoms. The molecule has 19 heavy (non-hydrogen) atoms. The second kappa shape index (κ2) is 6.75. The first kappa shape index (κ1) is 15.8. The van der Waals surface area contributed by atoms with Crippen molar-refractivity contribution in [3.63, 3.8) is 0 Å². The Morgan fingerprint density at radius 2 is 1.89 bits per heavy atom. The van der Waals surface area contributed by atoms with Crippen molar-refractivity contribution in [3.8, 4) is 0 Å². The molecule has 5 atom stereocenters. The summed E-state index contributed by atoms with van der Waals surface area (Å²) < 4.78 is 0. The number of carbonyl (C=O) groups is 2. The summed E-state index contributed by atoms with van der Waals surface area (Å²) in [4.78, 5) is 22.7. The summed E-state index contributed by atoms with van der Waals surface area (Å²) >= 11 is 0. The molecule has 6 nitrogen and oxygen atoms in total. The first-order valence-corrected chi connectivity index (χ1v) is 6.80. The molecule has 5 unspecified atom stereocenters. The quantitative estimate of drug-likeness (QED) is 0.612. The Morgan fingerprint density at radius 1 is 1.26 bits per heavy atom. The van der Waals surface area contributed by atoms with Crippen LogP contribution in [0.5, 0.6) is 0 Å². The minimum absolute atomic E-state index is 0.0622. The minimum Gasteiger partial charge on any atom is -0.480 e. The molecule has 1 fully saturated rings. The van der Waals surface area contributed by atoms with E-state index < -0.39 is 24.1 Å². The topological polar surface area (TPSA) is 98.7 Å². The van der Waals surface area contributed by atoms with Gasteiger partial charge in [0.25, 0.3) is 0 Å². The van der Waals surface area contributed by atoms with E-state index in [-0.39, 0.29) is 6.04 Å². The number of carbonyl (C=O) groups excluding carboxylic acids is 1. The average molecular weight is 272 g/mol. The molecule has 0 bridgehead atoms. The molecule has 0 spiro atoms. The predicted molar refractivity (Wildman–Crippen MR) is 70.7 cm³/mol. The highest BCUT2D eigenvalue weighted by atomic mass is 16.4. The van der Waals surface area contributed by atoms with Gasteiger partial charge in [0.15, 0.2) is 6.04 Å². The third kappa shape index (κ3) is 4.38. The van der Waals surface area contributed by atoms with Crippen LogP contribution in [0, 0.1) is 11.8 Å². The van der Waals surface area contributed by atoms with Gasteiger partial charge in [0.05, 0.1) is 6.10 Å². The Kier molecular flexibility index (Phi) is 5.60. The van der Waals surface area contributed by atoms with E-state index in [1.807, 2.05) is 0 Å². The van der Waals surface area contributed by atoms with Gasteiger partial charge in [0.2, 0.25) is 0 Å². The summed E-state index contributed by atoms with van der Waals surface area (Å²) in [5.74, 6) is -0.323. The van der Waals surface area contributed by atoms with Gasteiger partial charge in [-0.25, -0.2) is 9.59 Å². The van der Waals surface area contributed by atoms with E-state index in [0.717, 1.165) is 19.3 Å². The normalized spacial score (nSPS) is 30.2. The highest BCUT2D eigenvalue weighted by Gasteiger charge is 2.30. The third-order valence-electron chi connectivity index (χ3n) is 4.06. The van der Waals surface area contributed by atoms with Crippen LogP contribution < -0.4 is 10.6 Å². The summed E-state index contributed by atoms with van der Waals surface area (Å²) in [5, 5.41) is 23.3. The number of rotatable bonds is 4. The van der Waals surface area contributed by atoms with Gasteiger partial charge in [-0.1, -0.05) is 26.7 Å². The molecule has 2 amide bonds. The Labute approximate surface area is 113 Å². The lowest BCUT2D eigenvalue weighted by Gasteiger charge is -2.34. The van der Waals surface area contributed by atoms with Crippen molar-refractivity contribution >= 4 is 12.0 Å². The monoisotopic (exact) mass is 272 g/mol. The number of aliphatic carboxylic acids is 1. The van der Waals surface area contributed by atoms with E-state index in [1.54, 1.807) is 0 Å². The molecule has 110 valence electrons. The van der Waals surface area contributed by atoms with Gasteiger partial charge in [0, 0.05) is 6.04 Å². The fraction of sp³-hybridized carbons (Fsp3) is 0.846. The fourth-order valence-corrected chi connectivity index (χ4v) is 2.53. The average Bonchev–Trinajstić information content (AvgIpc) is 2.31. The summed E-state index contributed by atoms with van der Waals surface area (Å²) in [5.41, 5.74) is 0. The molecule has 1 aliphatic rings. The summed E-state index contributed by atoms with van der Waals surface area (Å²) in [6.07, 6.45) is 2.00. The van der Waals surface area contributed by atoms with E-state index in [4.69, 9.17) is 5.11 Å². The predicted octanol–water partition coefficient (Wildman–Crippen LogP) is 0.944. The molecule has 1 rings (SSSR count). The number of hydrogen-bond donors (Lipinski definition) is 4. The van der Waals surface area contributed by atoms with Crippen molar-refractivity contribution < 1.29 is 19.8 Å². The van der Waals surface area contributed by atoms with E-state index in [0.29, 0.717) is 11.8 Å². The lowest BCUT2D eigenvalue weighted by atomic mass is 9.78. The number of urea groups is 1. The van der Waals surface area contributed by atoms with Crippen molar-refractivity contribution in [2.24, 2.45) is 11.8 Å². The van der Waals surface area contributed by atoms with Crippen molar-refractivity contribution in [1.82, 2.24) is 10.6 Å². The molecule has 1 saturated carbocycles. The Bertz CT molecular complexity index is 333. The Morgan fingerprint density at radius 3 is 2.42 bits per heavy atom. The molecule has 0 saturated heterocycles. The molecule has 0 aromatic carbocycles. The number of carboxylic acid groups (broad SMARTS) is 1. The number of nitrogens with one attached hydrogen (secondary N) is 2.